The van der Waals surface area contributed by atoms with Crippen LogP contribution in [-0.4, -0.2) is 15.9 Å². The maximum absolute atomic E-state index is 11.8. The second-order valence-electron chi connectivity index (χ2n) is 4.63. The number of hydrogen-bond acceptors (Lipinski definition) is 3. The number of carbonyl (C=O) groups is 1. The van der Waals surface area contributed by atoms with Gasteiger partial charge < -0.3 is 5.73 Å². The minimum absolute atomic E-state index is 0.0959. The van der Waals surface area contributed by atoms with Gasteiger partial charge in [-0.2, -0.15) is 0 Å². The SMILES string of the molecule is NC(=O)C1(c2ccccc2)CC1c1cncnc1. The fourth-order valence-corrected chi connectivity index (χ4v) is 2.63. The quantitative estimate of drug-likeness (QED) is 0.879. The molecule has 0 aliphatic heterocycles. The van der Waals surface area contributed by atoms with Crippen molar-refractivity contribution in [3.8, 4) is 0 Å². The summed E-state index contributed by atoms with van der Waals surface area (Å²) in [6.07, 6.45) is 5.73. The Balaban J connectivity index is 2.01. The average molecular weight is 239 g/mol. The molecule has 0 spiro atoms. The molecule has 1 aromatic carbocycles. The van der Waals surface area contributed by atoms with E-state index >= 15 is 0 Å². The monoisotopic (exact) mass is 239 g/mol. The minimum atomic E-state index is -0.577. The number of aromatic nitrogens is 2. The number of nitrogens with two attached hydrogens (primary N) is 1. The molecule has 1 heterocycles. The van der Waals surface area contributed by atoms with Crippen molar-refractivity contribution in [2.75, 3.05) is 0 Å². The Bertz CT molecular complexity index is 570. The number of hydrogen-bond donors (Lipinski definition) is 1. The first-order chi connectivity index (χ1) is 8.75. The van der Waals surface area contributed by atoms with Crippen molar-refractivity contribution in [3.05, 3.63) is 60.2 Å². The highest BCUT2D eigenvalue weighted by Gasteiger charge is 2.60. The van der Waals surface area contributed by atoms with E-state index in [0.717, 1.165) is 17.5 Å². The van der Waals surface area contributed by atoms with Gasteiger partial charge in [0.1, 0.15) is 6.33 Å². The molecule has 0 radical (unpaired) electrons. The van der Waals surface area contributed by atoms with E-state index in [-0.39, 0.29) is 11.8 Å². The Morgan fingerprint density at radius 1 is 1.22 bits per heavy atom. The first-order valence-electron chi connectivity index (χ1n) is 5.85. The minimum Gasteiger partial charge on any atom is -0.369 e. The lowest BCUT2D eigenvalue weighted by Crippen LogP contribution is -2.30. The van der Waals surface area contributed by atoms with E-state index in [1.165, 1.54) is 6.33 Å². The molecule has 2 aromatic rings. The number of benzene rings is 1. The molecule has 2 atom stereocenters. The third kappa shape index (κ3) is 1.49. The summed E-state index contributed by atoms with van der Waals surface area (Å²) in [5.41, 5.74) is 6.99. The molecule has 0 saturated heterocycles. The Morgan fingerprint density at radius 3 is 2.50 bits per heavy atom. The summed E-state index contributed by atoms with van der Waals surface area (Å²) in [6, 6.07) is 9.69. The molecule has 90 valence electrons. The first-order valence-corrected chi connectivity index (χ1v) is 5.85. The van der Waals surface area contributed by atoms with E-state index in [1.807, 2.05) is 30.3 Å². The Kier molecular flexibility index (Phi) is 2.37. The maximum atomic E-state index is 11.8. The van der Waals surface area contributed by atoms with E-state index in [0.29, 0.717) is 0 Å². The van der Waals surface area contributed by atoms with Crippen molar-refractivity contribution >= 4 is 5.91 Å². The third-order valence-electron chi connectivity index (χ3n) is 3.67. The molecule has 1 fully saturated rings. The standard InChI is InChI=1S/C14H13N3O/c15-13(18)14(11-4-2-1-3-5-11)6-12(14)10-7-16-9-17-8-10/h1-5,7-9,12H,6H2,(H2,15,18). The predicted octanol–water partition coefficient (Wildman–Crippen LogP) is 1.39. The van der Waals surface area contributed by atoms with Crippen LogP contribution in [0.5, 0.6) is 0 Å². The Labute approximate surface area is 105 Å². The normalized spacial score (nSPS) is 25.7. The first kappa shape index (κ1) is 10.9. The molecule has 1 saturated carbocycles. The fraction of sp³-hybridized carbons (Fsp3) is 0.214. The van der Waals surface area contributed by atoms with E-state index < -0.39 is 5.41 Å². The zero-order valence-corrected chi connectivity index (χ0v) is 9.78. The highest BCUT2D eigenvalue weighted by atomic mass is 16.1. The van der Waals surface area contributed by atoms with Gasteiger partial charge in [0.25, 0.3) is 0 Å². The molecule has 2 N–H and O–H groups in total. The van der Waals surface area contributed by atoms with Crippen LogP contribution in [0, 0.1) is 0 Å². The smallest absolute Gasteiger partial charge is 0.228 e. The van der Waals surface area contributed by atoms with Crippen molar-refractivity contribution in [2.45, 2.75) is 17.8 Å². The van der Waals surface area contributed by atoms with Crippen molar-refractivity contribution in [2.24, 2.45) is 5.73 Å². The Hall–Kier alpha value is -2.23. The number of nitrogens with zero attached hydrogens (tertiary/aromatic N) is 2. The van der Waals surface area contributed by atoms with Crippen molar-refractivity contribution in [3.63, 3.8) is 0 Å². The highest BCUT2D eigenvalue weighted by molar-refractivity contribution is 5.92. The summed E-state index contributed by atoms with van der Waals surface area (Å²) in [7, 11) is 0. The van der Waals surface area contributed by atoms with Crippen molar-refractivity contribution in [1.29, 1.82) is 0 Å². The molecule has 0 bridgehead atoms. The molecule has 4 nitrogen and oxygen atoms in total. The predicted molar refractivity (Wildman–Crippen MR) is 66.7 cm³/mol. The van der Waals surface area contributed by atoms with Crippen LogP contribution in [0.1, 0.15) is 23.5 Å². The molecule has 2 unspecified atom stereocenters. The number of amides is 1. The lowest BCUT2D eigenvalue weighted by atomic mass is 9.91. The van der Waals surface area contributed by atoms with Gasteiger partial charge in [-0.3, -0.25) is 4.79 Å². The third-order valence-corrected chi connectivity index (χ3v) is 3.67. The topological polar surface area (TPSA) is 68.9 Å². The highest BCUT2D eigenvalue weighted by Crippen LogP contribution is 2.60. The summed E-state index contributed by atoms with van der Waals surface area (Å²) < 4.78 is 0. The molecule has 18 heavy (non-hydrogen) atoms. The molecule has 1 aromatic heterocycles. The molecule has 1 aliphatic carbocycles. The van der Waals surface area contributed by atoms with Gasteiger partial charge in [-0.05, 0) is 17.5 Å². The van der Waals surface area contributed by atoms with Crippen molar-refractivity contribution < 1.29 is 4.79 Å². The number of rotatable bonds is 3. The van der Waals surface area contributed by atoms with Gasteiger partial charge in [0.05, 0.1) is 5.41 Å². The summed E-state index contributed by atoms with van der Waals surface area (Å²) in [5.74, 6) is -0.179. The number of primary amides is 1. The molecule has 1 amide bonds. The maximum Gasteiger partial charge on any atom is 0.228 e. The van der Waals surface area contributed by atoms with Crippen LogP contribution in [0.4, 0.5) is 0 Å². The van der Waals surface area contributed by atoms with E-state index in [2.05, 4.69) is 9.97 Å². The van der Waals surface area contributed by atoms with Gasteiger partial charge in [-0.1, -0.05) is 30.3 Å². The van der Waals surface area contributed by atoms with Crippen LogP contribution in [0.2, 0.25) is 0 Å². The van der Waals surface area contributed by atoms with Gasteiger partial charge >= 0.3 is 0 Å². The van der Waals surface area contributed by atoms with E-state index in [9.17, 15) is 4.79 Å². The molecular formula is C14H13N3O. The molecule has 1 aliphatic rings. The van der Waals surface area contributed by atoms with Gasteiger partial charge in [0.2, 0.25) is 5.91 Å². The number of carbonyl (C=O) groups excluding carboxylic acids is 1. The lowest BCUT2D eigenvalue weighted by molar-refractivity contribution is -0.120. The molecule has 3 rings (SSSR count). The van der Waals surface area contributed by atoms with Crippen LogP contribution in [0.3, 0.4) is 0 Å². The van der Waals surface area contributed by atoms with E-state index in [1.54, 1.807) is 12.4 Å². The summed E-state index contributed by atoms with van der Waals surface area (Å²) in [5, 5.41) is 0. The van der Waals surface area contributed by atoms with Gasteiger partial charge in [-0.15, -0.1) is 0 Å². The van der Waals surface area contributed by atoms with Gasteiger partial charge in [0, 0.05) is 18.3 Å². The molecular weight excluding hydrogens is 226 g/mol. The van der Waals surface area contributed by atoms with Crippen LogP contribution in [-0.2, 0) is 10.2 Å². The van der Waals surface area contributed by atoms with Crippen LogP contribution < -0.4 is 5.73 Å². The lowest BCUT2D eigenvalue weighted by Gasteiger charge is -2.13. The van der Waals surface area contributed by atoms with Gasteiger partial charge in [-0.25, -0.2) is 9.97 Å². The summed E-state index contributed by atoms with van der Waals surface area (Å²) in [4.78, 5) is 19.9. The average Bonchev–Trinajstić information content (AvgIpc) is 3.18. The zero-order chi connectivity index (χ0) is 12.6. The van der Waals surface area contributed by atoms with Crippen molar-refractivity contribution in [1.82, 2.24) is 9.97 Å². The summed E-state index contributed by atoms with van der Waals surface area (Å²) >= 11 is 0. The zero-order valence-electron chi connectivity index (χ0n) is 9.78. The van der Waals surface area contributed by atoms with Crippen LogP contribution >= 0.6 is 0 Å². The molecule has 4 heteroatoms. The summed E-state index contributed by atoms with van der Waals surface area (Å²) in [6.45, 7) is 0. The van der Waals surface area contributed by atoms with Crippen LogP contribution in [0.15, 0.2) is 49.1 Å². The van der Waals surface area contributed by atoms with E-state index in [4.69, 9.17) is 5.73 Å². The largest absolute Gasteiger partial charge is 0.369 e. The second kappa shape index (κ2) is 3.91. The second-order valence-corrected chi connectivity index (χ2v) is 4.63. The fourth-order valence-electron chi connectivity index (χ4n) is 2.63. The Morgan fingerprint density at radius 2 is 1.89 bits per heavy atom. The van der Waals surface area contributed by atoms with Crippen LogP contribution in [0.25, 0.3) is 0 Å². The van der Waals surface area contributed by atoms with Gasteiger partial charge in [0.15, 0.2) is 0 Å².